The molecule has 0 spiro atoms. The Morgan fingerprint density at radius 2 is 1.73 bits per heavy atom. The summed E-state index contributed by atoms with van der Waals surface area (Å²) in [5, 5.41) is 6.47. The summed E-state index contributed by atoms with van der Waals surface area (Å²) in [5.41, 5.74) is 1.09. The number of nitrogens with zero attached hydrogens (tertiary/aromatic N) is 1. The van der Waals surface area contributed by atoms with Crippen molar-refractivity contribution in [3.8, 4) is 5.75 Å². The van der Waals surface area contributed by atoms with E-state index in [1.165, 1.54) is 0 Å². The van der Waals surface area contributed by atoms with Gasteiger partial charge in [0.2, 0.25) is 0 Å². The molecule has 8 heteroatoms. The van der Waals surface area contributed by atoms with Gasteiger partial charge in [-0.1, -0.05) is 43.3 Å². The van der Waals surface area contributed by atoms with Crippen LogP contribution in [0, 0.1) is 0 Å². The van der Waals surface area contributed by atoms with Gasteiger partial charge in [0.05, 0.1) is 17.8 Å². The number of rotatable bonds is 10. The van der Waals surface area contributed by atoms with Gasteiger partial charge in [-0.15, -0.1) is 24.0 Å². The van der Waals surface area contributed by atoms with Crippen LogP contribution in [0.2, 0.25) is 0 Å². The molecule has 0 heterocycles. The fourth-order valence-corrected chi connectivity index (χ4v) is 4.57. The smallest absolute Gasteiger partial charge is 0.191 e. The molecular formula is C22H32IN3O3S. The molecule has 2 aromatic carbocycles. The molecule has 0 saturated carbocycles. The van der Waals surface area contributed by atoms with Gasteiger partial charge in [-0.2, -0.15) is 0 Å². The highest BCUT2D eigenvalue weighted by Crippen LogP contribution is 2.17. The third kappa shape index (κ3) is 8.14. The van der Waals surface area contributed by atoms with Crippen LogP contribution in [0.1, 0.15) is 25.8 Å². The number of hydrogen-bond donors (Lipinski definition) is 2. The van der Waals surface area contributed by atoms with E-state index >= 15 is 0 Å². The highest BCUT2D eigenvalue weighted by atomic mass is 127. The van der Waals surface area contributed by atoms with E-state index in [4.69, 9.17) is 4.74 Å². The molecule has 0 saturated heterocycles. The van der Waals surface area contributed by atoms with Crippen molar-refractivity contribution in [3.63, 3.8) is 0 Å². The van der Waals surface area contributed by atoms with Gasteiger partial charge in [-0.05, 0) is 43.5 Å². The summed E-state index contributed by atoms with van der Waals surface area (Å²) in [6, 6.07) is 16.2. The fraction of sp³-hybridized carbons (Fsp3) is 0.409. The maximum atomic E-state index is 12.7. The lowest BCUT2D eigenvalue weighted by molar-refractivity contribution is 0.410. The van der Waals surface area contributed by atoms with Crippen LogP contribution in [0.25, 0.3) is 0 Å². The number of halogens is 1. The minimum Gasteiger partial charge on any atom is -0.496 e. The number of ether oxygens (including phenoxy) is 1. The molecule has 0 fully saturated rings. The number of methoxy groups -OCH3 is 1. The van der Waals surface area contributed by atoms with Crippen LogP contribution < -0.4 is 15.4 Å². The lowest BCUT2D eigenvalue weighted by Gasteiger charge is -2.20. The van der Waals surface area contributed by atoms with E-state index in [2.05, 4.69) is 15.6 Å². The van der Waals surface area contributed by atoms with E-state index < -0.39 is 9.84 Å². The highest BCUT2D eigenvalue weighted by Gasteiger charge is 2.20. The Morgan fingerprint density at radius 1 is 1.07 bits per heavy atom. The molecule has 0 bridgehead atoms. The van der Waals surface area contributed by atoms with Crippen LogP contribution in [0.15, 0.2) is 64.5 Å². The number of para-hydroxylation sites is 1. The van der Waals surface area contributed by atoms with Crippen LogP contribution >= 0.6 is 24.0 Å². The predicted molar refractivity (Wildman–Crippen MR) is 134 cm³/mol. The summed E-state index contributed by atoms with van der Waals surface area (Å²) in [6.07, 6.45) is 1.41. The van der Waals surface area contributed by atoms with E-state index in [1.54, 1.807) is 31.4 Å². The Morgan fingerprint density at radius 3 is 2.37 bits per heavy atom. The molecule has 1 unspecified atom stereocenters. The number of benzene rings is 2. The third-order valence-corrected chi connectivity index (χ3v) is 6.38. The second-order valence-electron chi connectivity index (χ2n) is 6.67. The second-order valence-corrected chi connectivity index (χ2v) is 8.70. The van der Waals surface area contributed by atoms with Crippen LogP contribution in [0.5, 0.6) is 5.75 Å². The zero-order valence-electron chi connectivity index (χ0n) is 17.8. The maximum Gasteiger partial charge on any atom is 0.191 e. The van der Waals surface area contributed by atoms with Crippen molar-refractivity contribution in [1.82, 2.24) is 10.6 Å². The van der Waals surface area contributed by atoms with E-state index in [0.29, 0.717) is 30.4 Å². The van der Waals surface area contributed by atoms with Crippen LogP contribution in [0.3, 0.4) is 0 Å². The minimum atomic E-state index is -3.37. The first kappa shape index (κ1) is 26.2. The summed E-state index contributed by atoms with van der Waals surface area (Å²) in [6.45, 7) is 5.22. The summed E-state index contributed by atoms with van der Waals surface area (Å²) >= 11 is 0. The Balaban J connectivity index is 0.00000450. The van der Waals surface area contributed by atoms with Gasteiger partial charge in [0, 0.05) is 19.1 Å². The molecule has 0 amide bonds. The Kier molecular flexibility index (Phi) is 11.8. The van der Waals surface area contributed by atoms with Crippen LogP contribution in [-0.4, -0.2) is 46.4 Å². The maximum absolute atomic E-state index is 12.7. The SMILES string of the molecule is CCNC(=NCCc1ccccc1OC)NC(CC)CS(=O)(=O)c1ccccc1.I. The standard InChI is InChI=1S/C22H31N3O3S.HI/c1-4-19(17-29(26,27)20-12-7-6-8-13-20)25-22(23-5-2)24-16-15-18-11-9-10-14-21(18)28-3;/h6-14,19H,4-5,15-17H2,1-3H3,(H2,23,24,25);1H. The molecule has 2 N–H and O–H groups in total. The topological polar surface area (TPSA) is 79.8 Å². The highest BCUT2D eigenvalue weighted by molar-refractivity contribution is 14.0. The van der Waals surface area contributed by atoms with E-state index in [0.717, 1.165) is 17.7 Å². The van der Waals surface area contributed by atoms with Gasteiger partial charge >= 0.3 is 0 Å². The molecule has 0 radical (unpaired) electrons. The van der Waals surface area contributed by atoms with Gasteiger partial charge in [0.1, 0.15) is 5.75 Å². The molecular weight excluding hydrogens is 513 g/mol. The zero-order chi connectivity index (χ0) is 21.1. The fourth-order valence-electron chi connectivity index (χ4n) is 2.96. The monoisotopic (exact) mass is 545 g/mol. The molecule has 1 atom stereocenters. The minimum absolute atomic E-state index is 0. The molecule has 30 heavy (non-hydrogen) atoms. The van der Waals surface area contributed by atoms with Gasteiger partial charge in [-0.25, -0.2) is 8.42 Å². The Bertz CT molecular complexity index is 890. The molecule has 0 aromatic heterocycles. The number of aliphatic imine (C=N–C) groups is 1. The number of hydrogen-bond acceptors (Lipinski definition) is 4. The average molecular weight is 545 g/mol. The summed E-state index contributed by atoms with van der Waals surface area (Å²) in [5.74, 6) is 1.49. The van der Waals surface area contributed by atoms with E-state index in [1.807, 2.05) is 44.2 Å². The normalized spacial score (nSPS) is 12.6. The van der Waals surface area contributed by atoms with Crippen molar-refractivity contribution in [3.05, 3.63) is 60.2 Å². The Hall–Kier alpha value is -1.81. The van der Waals surface area contributed by atoms with Crippen molar-refractivity contribution < 1.29 is 13.2 Å². The average Bonchev–Trinajstić information content (AvgIpc) is 2.74. The zero-order valence-corrected chi connectivity index (χ0v) is 20.9. The molecule has 0 aliphatic heterocycles. The summed E-state index contributed by atoms with van der Waals surface area (Å²) < 4.78 is 30.8. The molecule has 2 aromatic rings. The molecule has 6 nitrogen and oxygen atoms in total. The second kappa shape index (κ2) is 13.5. The van der Waals surface area contributed by atoms with Crippen LogP contribution in [0.4, 0.5) is 0 Å². The lowest BCUT2D eigenvalue weighted by Crippen LogP contribution is -2.46. The number of nitrogens with one attached hydrogen (secondary N) is 2. The molecule has 0 aliphatic rings. The van der Waals surface area contributed by atoms with E-state index in [-0.39, 0.29) is 35.8 Å². The van der Waals surface area contributed by atoms with Crippen molar-refractivity contribution in [1.29, 1.82) is 0 Å². The molecule has 0 aliphatic carbocycles. The largest absolute Gasteiger partial charge is 0.496 e. The number of sulfone groups is 1. The van der Waals surface area contributed by atoms with E-state index in [9.17, 15) is 8.42 Å². The predicted octanol–water partition coefficient (Wildman–Crippen LogP) is 3.66. The number of guanidine groups is 1. The van der Waals surface area contributed by atoms with Crippen molar-refractivity contribution in [2.24, 2.45) is 4.99 Å². The summed E-state index contributed by atoms with van der Waals surface area (Å²) in [4.78, 5) is 4.96. The van der Waals surface area contributed by atoms with Crippen molar-refractivity contribution in [2.45, 2.75) is 37.6 Å². The lowest BCUT2D eigenvalue weighted by atomic mass is 10.1. The van der Waals surface area contributed by atoms with Gasteiger partial charge in [0.25, 0.3) is 0 Å². The quantitative estimate of drug-likeness (QED) is 0.271. The van der Waals surface area contributed by atoms with Crippen molar-refractivity contribution >= 4 is 39.8 Å². The first-order chi connectivity index (χ1) is 14.0. The van der Waals surface area contributed by atoms with Gasteiger partial charge in [-0.3, -0.25) is 4.99 Å². The van der Waals surface area contributed by atoms with Crippen molar-refractivity contribution in [2.75, 3.05) is 26.0 Å². The first-order valence-electron chi connectivity index (χ1n) is 9.94. The Labute approximate surface area is 197 Å². The molecule has 2 rings (SSSR count). The van der Waals surface area contributed by atoms with Crippen LogP contribution in [-0.2, 0) is 16.3 Å². The molecule has 166 valence electrons. The first-order valence-corrected chi connectivity index (χ1v) is 11.6. The summed E-state index contributed by atoms with van der Waals surface area (Å²) in [7, 11) is -1.71. The third-order valence-electron chi connectivity index (χ3n) is 4.54. The van der Waals surface area contributed by atoms with Gasteiger partial charge in [0.15, 0.2) is 15.8 Å². The van der Waals surface area contributed by atoms with Gasteiger partial charge < -0.3 is 15.4 Å².